The maximum Gasteiger partial charge on any atom is 0.101 e. The lowest BCUT2D eigenvalue weighted by Crippen LogP contribution is -2.54. The monoisotopic (exact) mass is 198 g/mol. The van der Waals surface area contributed by atoms with E-state index < -0.39 is 11.7 Å². The summed E-state index contributed by atoms with van der Waals surface area (Å²) < 4.78 is 5.55. The van der Waals surface area contributed by atoms with E-state index >= 15 is 0 Å². The van der Waals surface area contributed by atoms with Gasteiger partial charge in [0.1, 0.15) is 6.10 Å². The Morgan fingerprint density at radius 1 is 1.57 bits per heavy atom. The molecular formula is C11H18O3. The van der Waals surface area contributed by atoms with Gasteiger partial charge in [0.05, 0.1) is 11.7 Å². The van der Waals surface area contributed by atoms with E-state index in [1.807, 2.05) is 19.9 Å². The lowest BCUT2D eigenvalue weighted by atomic mass is 9.72. The lowest BCUT2D eigenvalue weighted by Gasteiger charge is -2.46. The van der Waals surface area contributed by atoms with Gasteiger partial charge >= 0.3 is 0 Å². The van der Waals surface area contributed by atoms with Gasteiger partial charge in [-0.2, -0.15) is 0 Å². The van der Waals surface area contributed by atoms with E-state index in [-0.39, 0.29) is 12.0 Å². The molecule has 3 heteroatoms. The smallest absolute Gasteiger partial charge is 0.101 e. The summed E-state index contributed by atoms with van der Waals surface area (Å²) in [4.78, 5) is 0. The van der Waals surface area contributed by atoms with Crippen molar-refractivity contribution in [3.8, 4) is 0 Å². The maximum atomic E-state index is 10.2. The Balaban J connectivity index is 2.25. The van der Waals surface area contributed by atoms with Crippen molar-refractivity contribution >= 4 is 0 Å². The predicted octanol–water partition coefficient (Wildman–Crippen LogP) is 0.853. The van der Waals surface area contributed by atoms with Crippen LogP contribution in [0.1, 0.15) is 26.7 Å². The van der Waals surface area contributed by atoms with E-state index in [4.69, 9.17) is 4.74 Å². The van der Waals surface area contributed by atoms with Crippen molar-refractivity contribution in [3.05, 3.63) is 11.6 Å². The molecule has 0 aromatic heterocycles. The van der Waals surface area contributed by atoms with Gasteiger partial charge in [-0.15, -0.1) is 0 Å². The number of fused-ring (bicyclic) bond motifs is 1. The highest BCUT2D eigenvalue weighted by atomic mass is 16.5. The van der Waals surface area contributed by atoms with Gasteiger partial charge in [0, 0.05) is 12.5 Å². The third kappa shape index (κ3) is 1.49. The summed E-state index contributed by atoms with van der Waals surface area (Å²) in [5, 5.41) is 20.1. The van der Waals surface area contributed by atoms with Gasteiger partial charge in [0.25, 0.3) is 0 Å². The lowest BCUT2D eigenvalue weighted by molar-refractivity contribution is -0.172. The van der Waals surface area contributed by atoms with Crippen molar-refractivity contribution in [2.45, 2.75) is 44.5 Å². The first-order valence-electron chi connectivity index (χ1n) is 5.21. The number of rotatable bonds is 0. The second kappa shape index (κ2) is 3.33. The minimum Gasteiger partial charge on any atom is -0.390 e. The highest BCUT2D eigenvalue weighted by molar-refractivity contribution is 5.16. The Morgan fingerprint density at radius 3 is 3.00 bits per heavy atom. The number of hydrogen-bond donors (Lipinski definition) is 2. The van der Waals surface area contributed by atoms with E-state index in [2.05, 4.69) is 0 Å². The van der Waals surface area contributed by atoms with Crippen molar-refractivity contribution in [2.75, 3.05) is 6.61 Å². The molecule has 0 spiro atoms. The molecule has 4 atom stereocenters. The normalized spacial score (nSPS) is 48.3. The van der Waals surface area contributed by atoms with Crippen LogP contribution in [0.5, 0.6) is 0 Å². The van der Waals surface area contributed by atoms with Crippen molar-refractivity contribution in [1.82, 2.24) is 0 Å². The molecule has 0 bridgehead atoms. The first-order valence-corrected chi connectivity index (χ1v) is 5.21. The molecule has 14 heavy (non-hydrogen) atoms. The van der Waals surface area contributed by atoms with Gasteiger partial charge in [-0.3, -0.25) is 0 Å². The average Bonchev–Trinajstić information content (AvgIpc) is 2.11. The van der Waals surface area contributed by atoms with E-state index in [0.717, 1.165) is 12.0 Å². The molecule has 0 aromatic rings. The molecule has 0 radical (unpaired) electrons. The van der Waals surface area contributed by atoms with E-state index in [1.54, 1.807) is 0 Å². The van der Waals surface area contributed by atoms with E-state index in [1.165, 1.54) is 0 Å². The molecule has 0 saturated carbocycles. The van der Waals surface area contributed by atoms with Crippen molar-refractivity contribution in [3.63, 3.8) is 0 Å². The minimum absolute atomic E-state index is 0.0370. The molecule has 2 aliphatic rings. The average molecular weight is 198 g/mol. The zero-order valence-electron chi connectivity index (χ0n) is 8.73. The molecule has 80 valence electrons. The fourth-order valence-corrected chi connectivity index (χ4v) is 2.45. The topological polar surface area (TPSA) is 49.7 Å². The number of allylic oxidation sites excluding steroid dienone is 1. The highest BCUT2D eigenvalue weighted by Crippen LogP contribution is 2.39. The van der Waals surface area contributed by atoms with Gasteiger partial charge in [-0.1, -0.05) is 6.08 Å². The van der Waals surface area contributed by atoms with Gasteiger partial charge in [-0.05, 0) is 32.3 Å². The van der Waals surface area contributed by atoms with Crippen LogP contribution >= 0.6 is 0 Å². The quantitative estimate of drug-likeness (QED) is 0.567. The molecule has 1 heterocycles. The molecule has 1 saturated heterocycles. The first-order chi connectivity index (χ1) is 6.52. The summed E-state index contributed by atoms with van der Waals surface area (Å²) in [6.45, 7) is 4.29. The standard InChI is InChI=1S/C11H18O3/c1-7-3-4-8-10(9(7)12)14-6-5-11(8,2)13/h3,8-10,12-13H,4-6H2,1-2H3. The number of aliphatic hydroxyl groups is 2. The molecule has 3 nitrogen and oxygen atoms in total. The fraction of sp³-hybridized carbons (Fsp3) is 0.818. The van der Waals surface area contributed by atoms with Crippen LogP contribution in [-0.2, 0) is 4.74 Å². The van der Waals surface area contributed by atoms with Crippen LogP contribution in [0, 0.1) is 5.92 Å². The molecule has 2 N–H and O–H groups in total. The zero-order chi connectivity index (χ0) is 10.3. The second-order valence-electron chi connectivity index (χ2n) is 4.68. The number of hydrogen-bond acceptors (Lipinski definition) is 3. The van der Waals surface area contributed by atoms with Gasteiger partial charge in [-0.25, -0.2) is 0 Å². The number of ether oxygens (including phenoxy) is 1. The van der Waals surface area contributed by atoms with Crippen LogP contribution in [-0.4, -0.2) is 34.6 Å². The predicted molar refractivity (Wildman–Crippen MR) is 52.9 cm³/mol. The second-order valence-corrected chi connectivity index (χ2v) is 4.68. The third-order valence-electron chi connectivity index (χ3n) is 3.59. The first kappa shape index (κ1) is 10.1. The fourth-order valence-electron chi connectivity index (χ4n) is 2.45. The SMILES string of the molecule is CC1=CCC2C(OCCC2(C)O)C1O. The van der Waals surface area contributed by atoms with Gasteiger partial charge in [0.15, 0.2) is 0 Å². The third-order valence-corrected chi connectivity index (χ3v) is 3.59. The Hall–Kier alpha value is -0.380. The molecular weight excluding hydrogens is 180 g/mol. The Labute approximate surface area is 84.4 Å². The molecule has 1 aliphatic carbocycles. The Bertz CT molecular complexity index is 257. The van der Waals surface area contributed by atoms with Crippen molar-refractivity contribution in [1.29, 1.82) is 0 Å². The van der Waals surface area contributed by atoms with Crippen LogP contribution in [0.4, 0.5) is 0 Å². The van der Waals surface area contributed by atoms with E-state index in [0.29, 0.717) is 13.0 Å². The van der Waals surface area contributed by atoms with Crippen LogP contribution in [0.15, 0.2) is 11.6 Å². The Kier molecular flexibility index (Phi) is 2.41. The van der Waals surface area contributed by atoms with Crippen LogP contribution < -0.4 is 0 Å². The van der Waals surface area contributed by atoms with Crippen molar-refractivity contribution < 1.29 is 14.9 Å². The van der Waals surface area contributed by atoms with Crippen LogP contribution in [0.2, 0.25) is 0 Å². The van der Waals surface area contributed by atoms with Gasteiger partial charge in [0.2, 0.25) is 0 Å². The molecule has 1 fully saturated rings. The molecule has 2 rings (SSSR count). The molecule has 4 unspecified atom stereocenters. The summed E-state index contributed by atoms with van der Waals surface area (Å²) in [6.07, 6.45) is 2.72. The summed E-state index contributed by atoms with van der Waals surface area (Å²) in [5.74, 6) is 0.0370. The molecule has 1 aliphatic heterocycles. The summed E-state index contributed by atoms with van der Waals surface area (Å²) in [5.41, 5.74) is 0.269. The molecule has 0 aromatic carbocycles. The summed E-state index contributed by atoms with van der Waals surface area (Å²) in [7, 11) is 0. The summed E-state index contributed by atoms with van der Waals surface area (Å²) >= 11 is 0. The summed E-state index contributed by atoms with van der Waals surface area (Å²) in [6, 6.07) is 0. The van der Waals surface area contributed by atoms with Crippen LogP contribution in [0.3, 0.4) is 0 Å². The Morgan fingerprint density at radius 2 is 2.29 bits per heavy atom. The maximum absolute atomic E-state index is 10.2. The largest absolute Gasteiger partial charge is 0.390 e. The molecule has 0 amide bonds. The van der Waals surface area contributed by atoms with Crippen molar-refractivity contribution in [2.24, 2.45) is 5.92 Å². The zero-order valence-corrected chi connectivity index (χ0v) is 8.73. The number of aliphatic hydroxyl groups excluding tert-OH is 1. The highest BCUT2D eigenvalue weighted by Gasteiger charge is 2.46. The van der Waals surface area contributed by atoms with Gasteiger partial charge < -0.3 is 14.9 Å². The van der Waals surface area contributed by atoms with E-state index in [9.17, 15) is 10.2 Å². The minimum atomic E-state index is -0.693. The van der Waals surface area contributed by atoms with Crippen LogP contribution in [0.25, 0.3) is 0 Å².